The number of alkyl halides is 3. The average molecular weight is 212 g/mol. The van der Waals surface area contributed by atoms with Gasteiger partial charge in [-0.2, -0.15) is 13.2 Å². The number of aromatic nitrogens is 3. The van der Waals surface area contributed by atoms with Crippen molar-refractivity contribution in [1.29, 1.82) is 0 Å². The lowest BCUT2D eigenvalue weighted by Gasteiger charge is -2.11. The minimum absolute atomic E-state index is 0.196. The van der Waals surface area contributed by atoms with E-state index in [-0.39, 0.29) is 5.82 Å². The summed E-state index contributed by atoms with van der Waals surface area (Å²) >= 11 is 0. The Bertz CT molecular complexity index is 448. The molecule has 0 bridgehead atoms. The highest BCUT2D eigenvalue weighted by molar-refractivity contribution is 5.35. The van der Waals surface area contributed by atoms with Gasteiger partial charge in [0.25, 0.3) is 0 Å². The molecule has 2 aromatic rings. The molecule has 0 atom stereocenters. The fourth-order valence-corrected chi connectivity index (χ4v) is 1.16. The van der Waals surface area contributed by atoms with Gasteiger partial charge in [0.05, 0.1) is 5.56 Å². The van der Waals surface area contributed by atoms with Crippen molar-refractivity contribution in [2.45, 2.75) is 6.18 Å². The number of halogens is 3. The molecule has 0 aromatic carbocycles. The topological polar surface area (TPSA) is 30.7 Å². The SMILES string of the molecule is FC(F)(F)c1cccnc1-n1c[c]nc1. The Morgan fingerprint density at radius 1 is 1.33 bits per heavy atom. The van der Waals surface area contributed by atoms with E-state index in [1.807, 2.05) is 0 Å². The summed E-state index contributed by atoms with van der Waals surface area (Å²) in [5.74, 6) is -0.196. The number of hydrogen-bond donors (Lipinski definition) is 0. The number of pyridine rings is 1. The van der Waals surface area contributed by atoms with Crippen LogP contribution in [-0.4, -0.2) is 14.5 Å². The molecule has 0 fully saturated rings. The molecule has 2 heterocycles. The summed E-state index contributed by atoms with van der Waals surface area (Å²) in [6, 6.07) is 2.22. The largest absolute Gasteiger partial charge is 0.419 e. The predicted octanol–water partition coefficient (Wildman–Crippen LogP) is 2.09. The minimum Gasteiger partial charge on any atom is -0.289 e. The zero-order valence-electron chi connectivity index (χ0n) is 7.36. The third-order valence-corrected chi connectivity index (χ3v) is 1.79. The van der Waals surface area contributed by atoms with Gasteiger partial charge in [0.1, 0.15) is 18.3 Å². The van der Waals surface area contributed by atoms with E-state index in [9.17, 15) is 13.2 Å². The van der Waals surface area contributed by atoms with Crippen LogP contribution in [0.15, 0.2) is 30.9 Å². The molecule has 0 spiro atoms. The smallest absolute Gasteiger partial charge is 0.289 e. The Morgan fingerprint density at radius 2 is 2.13 bits per heavy atom. The highest BCUT2D eigenvalue weighted by Gasteiger charge is 2.34. The van der Waals surface area contributed by atoms with E-state index in [0.29, 0.717) is 0 Å². The second kappa shape index (κ2) is 3.38. The molecule has 0 aliphatic heterocycles. The van der Waals surface area contributed by atoms with Crippen LogP contribution < -0.4 is 0 Å². The molecule has 15 heavy (non-hydrogen) atoms. The van der Waals surface area contributed by atoms with E-state index in [1.54, 1.807) is 0 Å². The van der Waals surface area contributed by atoms with Gasteiger partial charge < -0.3 is 0 Å². The van der Waals surface area contributed by atoms with Gasteiger partial charge in [-0.1, -0.05) is 0 Å². The van der Waals surface area contributed by atoms with Gasteiger partial charge in [0, 0.05) is 12.4 Å². The molecule has 6 heteroatoms. The third-order valence-electron chi connectivity index (χ3n) is 1.79. The molecular weight excluding hydrogens is 207 g/mol. The standard InChI is InChI=1S/C9H5F3N3/c10-9(11,12)7-2-1-3-14-8(7)15-5-4-13-6-15/h1-3,5-6H. The number of imidazole rings is 1. The summed E-state index contributed by atoms with van der Waals surface area (Å²) in [6.07, 6.45) is 1.80. The molecule has 1 radical (unpaired) electrons. The Kier molecular flexibility index (Phi) is 2.18. The first-order valence-electron chi connectivity index (χ1n) is 4.01. The molecule has 0 saturated carbocycles. The van der Waals surface area contributed by atoms with Crippen LogP contribution in [0.1, 0.15) is 5.56 Å². The number of hydrogen-bond acceptors (Lipinski definition) is 2. The first kappa shape index (κ1) is 9.70. The van der Waals surface area contributed by atoms with Gasteiger partial charge in [-0.25, -0.2) is 9.97 Å². The molecule has 77 valence electrons. The van der Waals surface area contributed by atoms with Crippen molar-refractivity contribution in [2.75, 3.05) is 0 Å². The third kappa shape index (κ3) is 1.83. The van der Waals surface area contributed by atoms with Crippen molar-refractivity contribution in [3.63, 3.8) is 0 Å². The zero-order chi connectivity index (χ0) is 10.9. The summed E-state index contributed by atoms with van der Waals surface area (Å²) in [6.45, 7) is 0. The summed E-state index contributed by atoms with van der Waals surface area (Å²) < 4.78 is 38.8. The molecule has 3 nitrogen and oxygen atoms in total. The first-order chi connectivity index (χ1) is 7.09. The lowest BCUT2D eigenvalue weighted by atomic mass is 10.2. The van der Waals surface area contributed by atoms with Crippen LogP contribution in [0, 0.1) is 6.20 Å². The number of rotatable bonds is 1. The van der Waals surface area contributed by atoms with E-state index >= 15 is 0 Å². The summed E-state index contributed by atoms with van der Waals surface area (Å²) in [5, 5.41) is 0. The minimum atomic E-state index is -4.42. The Hall–Kier alpha value is -1.85. The fourth-order valence-electron chi connectivity index (χ4n) is 1.16. The van der Waals surface area contributed by atoms with Crippen molar-refractivity contribution in [3.05, 3.63) is 42.6 Å². The van der Waals surface area contributed by atoms with Crippen molar-refractivity contribution < 1.29 is 13.2 Å². The normalized spacial score (nSPS) is 11.7. The van der Waals surface area contributed by atoms with Crippen molar-refractivity contribution >= 4 is 0 Å². The quantitative estimate of drug-likeness (QED) is 0.724. The van der Waals surface area contributed by atoms with Gasteiger partial charge in [-0.05, 0) is 12.1 Å². The van der Waals surface area contributed by atoms with Gasteiger partial charge >= 0.3 is 6.18 Å². The molecule has 0 unspecified atom stereocenters. The van der Waals surface area contributed by atoms with E-state index < -0.39 is 11.7 Å². The molecule has 0 saturated heterocycles. The van der Waals surface area contributed by atoms with Crippen molar-refractivity contribution in [1.82, 2.24) is 14.5 Å². The molecule has 0 aliphatic carbocycles. The number of nitrogens with zero attached hydrogens (tertiary/aromatic N) is 3. The maximum atomic E-state index is 12.6. The lowest BCUT2D eigenvalue weighted by Crippen LogP contribution is -2.11. The molecule has 0 aliphatic rings. The van der Waals surface area contributed by atoms with E-state index in [1.165, 1.54) is 29.4 Å². The first-order valence-corrected chi connectivity index (χ1v) is 4.01. The average Bonchev–Trinajstić information content (AvgIpc) is 2.69. The van der Waals surface area contributed by atoms with Crippen LogP contribution in [-0.2, 0) is 6.18 Å². The maximum absolute atomic E-state index is 12.6. The summed E-state index contributed by atoms with van der Waals surface area (Å²) in [5.41, 5.74) is -0.795. The molecule has 2 aromatic heterocycles. The van der Waals surface area contributed by atoms with Crippen LogP contribution in [0.2, 0.25) is 0 Å². The molecule has 0 amide bonds. The molecule has 0 N–H and O–H groups in total. The predicted molar refractivity (Wildman–Crippen MR) is 45.2 cm³/mol. The van der Waals surface area contributed by atoms with Crippen LogP contribution in [0.4, 0.5) is 13.2 Å². The maximum Gasteiger partial charge on any atom is 0.419 e. The summed E-state index contributed by atoms with van der Waals surface area (Å²) in [7, 11) is 0. The van der Waals surface area contributed by atoms with Crippen LogP contribution in [0.3, 0.4) is 0 Å². The Morgan fingerprint density at radius 3 is 2.73 bits per heavy atom. The zero-order valence-corrected chi connectivity index (χ0v) is 7.36. The highest BCUT2D eigenvalue weighted by Crippen LogP contribution is 2.32. The van der Waals surface area contributed by atoms with Gasteiger partial charge in [0.2, 0.25) is 0 Å². The van der Waals surface area contributed by atoms with Crippen LogP contribution in [0.5, 0.6) is 0 Å². The van der Waals surface area contributed by atoms with Crippen molar-refractivity contribution in [3.8, 4) is 5.82 Å². The van der Waals surface area contributed by atoms with Gasteiger partial charge in [0.15, 0.2) is 0 Å². The van der Waals surface area contributed by atoms with Gasteiger partial charge in [-0.15, -0.1) is 0 Å². The second-order valence-corrected chi connectivity index (χ2v) is 2.78. The highest BCUT2D eigenvalue weighted by atomic mass is 19.4. The van der Waals surface area contributed by atoms with Gasteiger partial charge in [-0.3, -0.25) is 4.57 Å². The Balaban J connectivity index is 2.58. The molecular formula is C9H5F3N3. The van der Waals surface area contributed by atoms with Crippen LogP contribution in [0.25, 0.3) is 5.82 Å². The van der Waals surface area contributed by atoms with E-state index in [0.717, 1.165) is 6.07 Å². The van der Waals surface area contributed by atoms with Crippen LogP contribution >= 0.6 is 0 Å². The fraction of sp³-hybridized carbons (Fsp3) is 0.111. The lowest BCUT2D eigenvalue weighted by molar-refractivity contribution is -0.137. The van der Waals surface area contributed by atoms with E-state index in [4.69, 9.17) is 0 Å². The summed E-state index contributed by atoms with van der Waals surface area (Å²) in [4.78, 5) is 7.22. The van der Waals surface area contributed by atoms with E-state index in [2.05, 4.69) is 16.2 Å². The Labute approximate surface area is 83.2 Å². The molecule has 2 rings (SSSR count). The monoisotopic (exact) mass is 212 g/mol. The van der Waals surface area contributed by atoms with Crippen molar-refractivity contribution in [2.24, 2.45) is 0 Å². The second-order valence-electron chi connectivity index (χ2n) is 2.78.